The molecule has 1 fully saturated rings. The second kappa shape index (κ2) is 6.40. The molecule has 3 heteroatoms. The highest BCUT2D eigenvalue weighted by molar-refractivity contribution is 5.36. The molecule has 0 amide bonds. The van der Waals surface area contributed by atoms with E-state index in [4.69, 9.17) is 9.47 Å². The lowest BCUT2D eigenvalue weighted by molar-refractivity contribution is -0.138. The molecule has 2 rings (SSSR count). The van der Waals surface area contributed by atoms with Crippen LogP contribution in [-0.4, -0.2) is 23.9 Å². The van der Waals surface area contributed by atoms with Crippen molar-refractivity contribution < 1.29 is 14.6 Å². The summed E-state index contributed by atoms with van der Waals surface area (Å²) in [5.74, 6) is 0.771. The molecule has 0 aromatic heterocycles. The van der Waals surface area contributed by atoms with Gasteiger partial charge in [-0.3, -0.25) is 0 Å². The summed E-state index contributed by atoms with van der Waals surface area (Å²) in [5.41, 5.74) is 0.338. The Morgan fingerprint density at radius 1 is 1.37 bits per heavy atom. The normalized spacial score (nSPS) is 25.0. The molecule has 0 saturated carbocycles. The number of benzene rings is 1. The SMILES string of the molecule is CCCOc1ccccc1C(O)C1(C)CCCCO1. The Kier molecular flexibility index (Phi) is 4.83. The highest BCUT2D eigenvalue weighted by atomic mass is 16.5. The van der Waals surface area contributed by atoms with Crippen LogP contribution in [0.25, 0.3) is 0 Å². The molecule has 2 unspecified atom stereocenters. The van der Waals surface area contributed by atoms with Crippen molar-refractivity contribution in [3.05, 3.63) is 29.8 Å². The van der Waals surface area contributed by atoms with Gasteiger partial charge in [0.15, 0.2) is 0 Å². The van der Waals surface area contributed by atoms with Gasteiger partial charge in [0.1, 0.15) is 11.9 Å². The fourth-order valence-electron chi connectivity index (χ4n) is 2.55. The average Bonchev–Trinajstić information content (AvgIpc) is 2.45. The van der Waals surface area contributed by atoms with Crippen LogP contribution in [0.5, 0.6) is 5.75 Å². The Morgan fingerprint density at radius 2 is 2.16 bits per heavy atom. The van der Waals surface area contributed by atoms with Crippen LogP contribution >= 0.6 is 0 Å². The van der Waals surface area contributed by atoms with Gasteiger partial charge >= 0.3 is 0 Å². The van der Waals surface area contributed by atoms with Crippen molar-refractivity contribution >= 4 is 0 Å². The molecule has 0 bridgehead atoms. The predicted octanol–water partition coefficient (Wildman–Crippen LogP) is 3.47. The summed E-state index contributed by atoms with van der Waals surface area (Å²) in [4.78, 5) is 0. The Labute approximate surface area is 115 Å². The minimum absolute atomic E-state index is 0.496. The molecule has 3 nitrogen and oxygen atoms in total. The third-order valence-corrected chi connectivity index (χ3v) is 3.75. The number of aliphatic hydroxyl groups excluding tert-OH is 1. The number of hydrogen-bond donors (Lipinski definition) is 1. The van der Waals surface area contributed by atoms with E-state index >= 15 is 0 Å². The van der Waals surface area contributed by atoms with Crippen LogP contribution in [0.3, 0.4) is 0 Å². The standard InChI is InChI=1S/C16H24O3/c1-3-11-18-14-9-5-4-8-13(14)15(17)16(2)10-6-7-12-19-16/h4-5,8-9,15,17H,3,6-7,10-12H2,1-2H3. The maximum atomic E-state index is 10.7. The zero-order valence-electron chi connectivity index (χ0n) is 11.9. The van der Waals surface area contributed by atoms with Crippen LogP contribution in [-0.2, 0) is 4.74 Å². The molecule has 0 radical (unpaired) electrons. The van der Waals surface area contributed by atoms with E-state index in [9.17, 15) is 5.11 Å². The molecule has 0 aliphatic carbocycles. The van der Waals surface area contributed by atoms with Crippen LogP contribution in [0.4, 0.5) is 0 Å². The lowest BCUT2D eigenvalue weighted by Gasteiger charge is -2.38. The van der Waals surface area contributed by atoms with Gasteiger partial charge in [-0.25, -0.2) is 0 Å². The van der Waals surface area contributed by atoms with Gasteiger partial charge in [-0.05, 0) is 38.7 Å². The maximum Gasteiger partial charge on any atom is 0.125 e. The van der Waals surface area contributed by atoms with Gasteiger partial charge in [0, 0.05) is 12.2 Å². The average molecular weight is 264 g/mol. The summed E-state index contributed by atoms with van der Waals surface area (Å²) < 4.78 is 11.6. The van der Waals surface area contributed by atoms with Crippen molar-refractivity contribution in [3.8, 4) is 5.75 Å². The zero-order valence-corrected chi connectivity index (χ0v) is 11.9. The van der Waals surface area contributed by atoms with E-state index in [1.807, 2.05) is 31.2 Å². The van der Waals surface area contributed by atoms with E-state index in [0.29, 0.717) is 6.61 Å². The minimum Gasteiger partial charge on any atom is -0.493 e. The summed E-state index contributed by atoms with van der Waals surface area (Å²) in [6.45, 7) is 5.46. The van der Waals surface area contributed by atoms with Crippen LogP contribution in [0.2, 0.25) is 0 Å². The van der Waals surface area contributed by atoms with Gasteiger partial charge in [-0.15, -0.1) is 0 Å². The van der Waals surface area contributed by atoms with Crippen LogP contribution in [0, 0.1) is 0 Å². The van der Waals surface area contributed by atoms with Gasteiger partial charge in [-0.2, -0.15) is 0 Å². The smallest absolute Gasteiger partial charge is 0.125 e. The molecule has 1 aromatic carbocycles. The Hall–Kier alpha value is -1.06. The first-order chi connectivity index (χ1) is 9.17. The van der Waals surface area contributed by atoms with Crippen molar-refractivity contribution in [2.75, 3.05) is 13.2 Å². The first kappa shape index (κ1) is 14.4. The first-order valence-corrected chi connectivity index (χ1v) is 7.21. The third-order valence-electron chi connectivity index (χ3n) is 3.75. The quantitative estimate of drug-likeness (QED) is 0.885. The lowest BCUT2D eigenvalue weighted by Crippen LogP contribution is -2.39. The van der Waals surface area contributed by atoms with Crippen molar-refractivity contribution in [1.29, 1.82) is 0 Å². The van der Waals surface area contributed by atoms with Crippen molar-refractivity contribution in [1.82, 2.24) is 0 Å². The molecule has 1 aliphatic rings. The summed E-state index contributed by atoms with van der Waals surface area (Å²) in [5, 5.41) is 10.7. The van der Waals surface area contributed by atoms with Crippen molar-refractivity contribution in [3.63, 3.8) is 0 Å². The third kappa shape index (κ3) is 3.28. The van der Waals surface area contributed by atoms with E-state index in [1.54, 1.807) is 0 Å². The molecular formula is C16H24O3. The molecular weight excluding hydrogens is 240 g/mol. The lowest BCUT2D eigenvalue weighted by atomic mass is 9.86. The number of hydrogen-bond acceptors (Lipinski definition) is 3. The molecule has 19 heavy (non-hydrogen) atoms. The van der Waals surface area contributed by atoms with Crippen LogP contribution in [0.1, 0.15) is 51.2 Å². The molecule has 106 valence electrons. The number of rotatable bonds is 5. The van der Waals surface area contributed by atoms with Crippen molar-refractivity contribution in [2.24, 2.45) is 0 Å². The monoisotopic (exact) mass is 264 g/mol. The molecule has 1 heterocycles. The van der Waals surface area contributed by atoms with E-state index in [1.165, 1.54) is 0 Å². The van der Waals surface area contributed by atoms with E-state index < -0.39 is 11.7 Å². The van der Waals surface area contributed by atoms with Crippen LogP contribution in [0.15, 0.2) is 24.3 Å². The van der Waals surface area contributed by atoms with Gasteiger partial charge in [0.25, 0.3) is 0 Å². The Balaban J connectivity index is 2.19. The largest absolute Gasteiger partial charge is 0.493 e. The highest BCUT2D eigenvalue weighted by Crippen LogP contribution is 2.39. The van der Waals surface area contributed by atoms with Gasteiger partial charge in [0.2, 0.25) is 0 Å². The maximum absolute atomic E-state index is 10.7. The summed E-state index contributed by atoms with van der Waals surface area (Å²) in [6.07, 6.45) is 3.39. The second-order valence-corrected chi connectivity index (χ2v) is 5.41. The molecule has 1 aromatic rings. The van der Waals surface area contributed by atoms with E-state index in [-0.39, 0.29) is 0 Å². The topological polar surface area (TPSA) is 38.7 Å². The summed E-state index contributed by atoms with van der Waals surface area (Å²) >= 11 is 0. The predicted molar refractivity (Wildman–Crippen MR) is 75.4 cm³/mol. The second-order valence-electron chi connectivity index (χ2n) is 5.41. The minimum atomic E-state index is -0.638. The van der Waals surface area contributed by atoms with E-state index in [0.717, 1.165) is 43.6 Å². The summed E-state index contributed by atoms with van der Waals surface area (Å²) in [6, 6.07) is 7.72. The number of para-hydroxylation sites is 1. The van der Waals surface area contributed by atoms with E-state index in [2.05, 4.69) is 6.92 Å². The highest BCUT2D eigenvalue weighted by Gasteiger charge is 2.37. The first-order valence-electron chi connectivity index (χ1n) is 7.21. The number of ether oxygens (including phenoxy) is 2. The van der Waals surface area contributed by atoms with Gasteiger partial charge in [0.05, 0.1) is 12.2 Å². The molecule has 2 atom stereocenters. The Bertz CT molecular complexity index is 397. The molecule has 1 aliphatic heterocycles. The Morgan fingerprint density at radius 3 is 2.84 bits per heavy atom. The fraction of sp³-hybridized carbons (Fsp3) is 0.625. The molecule has 1 N–H and O–H groups in total. The zero-order chi connectivity index (χ0) is 13.7. The van der Waals surface area contributed by atoms with Gasteiger partial charge < -0.3 is 14.6 Å². The summed E-state index contributed by atoms with van der Waals surface area (Å²) in [7, 11) is 0. The fourth-order valence-corrected chi connectivity index (χ4v) is 2.55. The van der Waals surface area contributed by atoms with Crippen LogP contribution < -0.4 is 4.74 Å². The number of aliphatic hydroxyl groups is 1. The molecule has 0 spiro atoms. The van der Waals surface area contributed by atoms with Gasteiger partial charge in [-0.1, -0.05) is 25.1 Å². The van der Waals surface area contributed by atoms with Crippen molar-refractivity contribution in [2.45, 2.75) is 51.2 Å². The molecule has 1 saturated heterocycles.